The molecule has 1 amide bonds. The standard InChI is InChI=1S/C21H19N3O4/c1-11-15-10-13(27-3)8-9-17(15)28-20(11)12(2)22-21(26)18-19(25)14-6-4-5-7-16(14)23-24-18/h4-10,12H,1-3H3,(H,22,26)(H,23,25)/t12-/m1/s1. The highest BCUT2D eigenvalue weighted by atomic mass is 16.5. The zero-order chi connectivity index (χ0) is 19.8. The van der Waals surface area contributed by atoms with Crippen LogP contribution in [0.5, 0.6) is 5.75 Å². The van der Waals surface area contributed by atoms with Crippen molar-refractivity contribution in [1.82, 2.24) is 15.5 Å². The molecule has 0 aliphatic rings. The Morgan fingerprint density at radius 3 is 2.79 bits per heavy atom. The Labute approximate surface area is 160 Å². The number of para-hydroxylation sites is 1. The molecule has 4 aromatic rings. The Hall–Kier alpha value is -3.61. The molecule has 0 unspecified atom stereocenters. The number of hydrogen-bond acceptors (Lipinski definition) is 5. The average molecular weight is 377 g/mol. The molecule has 2 N–H and O–H groups in total. The fraction of sp³-hybridized carbons (Fsp3) is 0.190. The minimum atomic E-state index is -0.558. The monoisotopic (exact) mass is 377 g/mol. The van der Waals surface area contributed by atoms with Gasteiger partial charge in [0, 0.05) is 16.3 Å². The second-order valence-corrected chi connectivity index (χ2v) is 6.60. The number of nitrogens with zero attached hydrogens (tertiary/aromatic N) is 1. The minimum Gasteiger partial charge on any atom is -0.497 e. The van der Waals surface area contributed by atoms with E-state index < -0.39 is 17.4 Å². The van der Waals surface area contributed by atoms with Crippen molar-refractivity contribution in [1.29, 1.82) is 0 Å². The highest BCUT2D eigenvalue weighted by molar-refractivity contribution is 5.95. The van der Waals surface area contributed by atoms with Crippen LogP contribution in [0.25, 0.3) is 21.9 Å². The zero-order valence-corrected chi connectivity index (χ0v) is 15.7. The molecule has 2 aromatic heterocycles. The fourth-order valence-corrected chi connectivity index (χ4v) is 3.32. The molecule has 7 nitrogen and oxygen atoms in total. The number of nitrogens with one attached hydrogen (secondary N) is 2. The van der Waals surface area contributed by atoms with E-state index in [1.165, 1.54) is 0 Å². The molecule has 0 radical (unpaired) electrons. The van der Waals surface area contributed by atoms with Crippen molar-refractivity contribution in [2.45, 2.75) is 19.9 Å². The Bertz CT molecular complexity index is 1260. The molecule has 7 heteroatoms. The number of aryl methyl sites for hydroxylation is 1. The number of amides is 1. The van der Waals surface area contributed by atoms with Crippen LogP contribution in [0.2, 0.25) is 0 Å². The molecule has 0 fully saturated rings. The summed E-state index contributed by atoms with van der Waals surface area (Å²) in [5.41, 5.74) is 1.60. The van der Waals surface area contributed by atoms with Gasteiger partial charge in [-0.05, 0) is 44.2 Å². The maximum Gasteiger partial charge on any atom is 0.276 e. The minimum absolute atomic E-state index is 0.180. The van der Waals surface area contributed by atoms with Crippen molar-refractivity contribution in [2.24, 2.45) is 0 Å². The van der Waals surface area contributed by atoms with Crippen LogP contribution in [0.15, 0.2) is 51.7 Å². The first-order valence-corrected chi connectivity index (χ1v) is 8.85. The number of furan rings is 1. The van der Waals surface area contributed by atoms with E-state index in [2.05, 4.69) is 15.5 Å². The molecule has 0 bridgehead atoms. The van der Waals surface area contributed by atoms with E-state index in [0.717, 1.165) is 16.7 Å². The lowest BCUT2D eigenvalue weighted by Gasteiger charge is -2.12. The lowest BCUT2D eigenvalue weighted by atomic mass is 10.1. The molecular weight excluding hydrogens is 358 g/mol. The third kappa shape index (κ3) is 2.90. The molecule has 0 aliphatic heterocycles. The summed E-state index contributed by atoms with van der Waals surface area (Å²) in [6.45, 7) is 3.72. The summed E-state index contributed by atoms with van der Waals surface area (Å²) >= 11 is 0. The van der Waals surface area contributed by atoms with E-state index in [0.29, 0.717) is 22.2 Å². The summed E-state index contributed by atoms with van der Waals surface area (Å²) in [4.78, 5) is 25.3. The second kappa shape index (κ2) is 6.84. The van der Waals surface area contributed by atoms with Gasteiger partial charge in [0.1, 0.15) is 17.1 Å². The number of fused-ring (bicyclic) bond motifs is 2. The molecule has 0 spiro atoms. The fourth-order valence-electron chi connectivity index (χ4n) is 3.32. The summed E-state index contributed by atoms with van der Waals surface area (Å²) in [6, 6.07) is 12.0. The van der Waals surface area contributed by atoms with E-state index in [1.807, 2.05) is 25.1 Å². The molecular formula is C21H19N3O4. The summed E-state index contributed by atoms with van der Waals surface area (Å²) in [5.74, 6) is 0.789. The lowest BCUT2D eigenvalue weighted by Crippen LogP contribution is -2.32. The molecule has 0 saturated heterocycles. The number of hydrogen-bond donors (Lipinski definition) is 2. The lowest BCUT2D eigenvalue weighted by molar-refractivity contribution is 0.0928. The first-order chi connectivity index (χ1) is 13.5. The maximum absolute atomic E-state index is 12.7. The first kappa shape index (κ1) is 17.8. The Morgan fingerprint density at radius 1 is 1.21 bits per heavy atom. The Morgan fingerprint density at radius 2 is 2.00 bits per heavy atom. The van der Waals surface area contributed by atoms with Gasteiger partial charge in [-0.1, -0.05) is 12.1 Å². The number of rotatable bonds is 4. The molecule has 0 aliphatic carbocycles. The highest BCUT2D eigenvalue weighted by Gasteiger charge is 2.22. The summed E-state index contributed by atoms with van der Waals surface area (Å²) in [6.07, 6.45) is 0. The molecule has 4 rings (SSSR count). The predicted molar refractivity (Wildman–Crippen MR) is 106 cm³/mol. The van der Waals surface area contributed by atoms with Gasteiger partial charge in [0.15, 0.2) is 5.69 Å². The normalized spacial score (nSPS) is 12.2. The number of ether oxygens (including phenoxy) is 1. The van der Waals surface area contributed by atoms with Gasteiger partial charge in [0.25, 0.3) is 5.91 Å². The van der Waals surface area contributed by atoms with Gasteiger partial charge in [0.05, 0.1) is 18.7 Å². The highest BCUT2D eigenvalue weighted by Crippen LogP contribution is 2.31. The van der Waals surface area contributed by atoms with Gasteiger partial charge < -0.3 is 14.5 Å². The van der Waals surface area contributed by atoms with E-state index in [1.54, 1.807) is 38.3 Å². The van der Waals surface area contributed by atoms with Crippen molar-refractivity contribution in [2.75, 3.05) is 7.11 Å². The quantitative estimate of drug-likeness (QED) is 0.567. The zero-order valence-electron chi connectivity index (χ0n) is 15.7. The topological polar surface area (TPSA) is 97.2 Å². The third-order valence-electron chi connectivity index (χ3n) is 4.81. The molecule has 1 atom stereocenters. The number of carbonyl (C=O) groups excluding carboxylic acids is 1. The van der Waals surface area contributed by atoms with Gasteiger partial charge in [-0.2, -0.15) is 5.10 Å². The van der Waals surface area contributed by atoms with E-state index in [-0.39, 0.29) is 5.69 Å². The van der Waals surface area contributed by atoms with Crippen LogP contribution in [0.4, 0.5) is 0 Å². The summed E-state index contributed by atoms with van der Waals surface area (Å²) < 4.78 is 11.2. The molecule has 142 valence electrons. The van der Waals surface area contributed by atoms with E-state index >= 15 is 0 Å². The van der Waals surface area contributed by atoms with Gasteiger partial charge >= 0.3 is 0 Å². The molecule has 28 heavy (non-hydrogen) atoms. The van der Waals surface area contributed by atoms with Gasteiger partial charge in [0.2, 0.25) is 5.43 Å². The number of H-pyrrole nitrogens is 1. The average Bonchev–Trinajstić information content (AvgIpc) is 3.04. The van der Waals surface area contributed by atoms with Crippen LogP contribution in [0.3, 0.4) is 0 Å². The predicted octanol–water partition coefficient (Wildman–Crippen LogP) is 3.48. The first-order valence-electron chi connectivity index (χ1n) is 8.85. The number of methoxy groups -OCH3 is 1. The Kier molecular flexibility index (Phi) is 4.35. The number of carbonyl (C=O) groups is 1. The van der Waals surface area contributed by atoms with Crippen molar-refractivity contribution >= 4 is 27.8 Å². The smallest absolute Gasteiger partial charge is 0.276 e. The largest absolute Gasteiger partial charge is 0.497 e. The van der Waals surface area contributed by atoms with E-state index in [9.17, 15) is 9.59 Å². The van der Waals surface area contributed by atoms with Crippen molar-refractivity contribution in [3.63, 3.8) is 0 Å². The van der Waals surface area contributed by atoms with Crippen molar-refractivity contribution in [3.05, 3.63) is 69.7 Å². The number of aromatic nitrogens is 2. The summed E-state index contributed by atoms with van der Waals surface area (Å²) in [5, 5.41) is 10.8. The Balaban J connectivity index is 1.65. The van der Waals surface area contributed by atoms with Gasteiger partial charge in [-0.25, -0.2) is 0 Å². The summed E-state index contributed by atoms with van der Waals surface area (Å²) in [7, 11) is 1.61. The van der Waals surface area contributed by atoms with Crippen LogP contribution < -0.4 is 15.5 Å². The van der Waals surface area contributed by atoms with Crippen molar-refractivity contribution < 1.29 is 13.9 Å². The van der Waals surface area contributed by atoms with Crippen LogP contribution in [-0.4, -0.2) is 23.2 Å². The number of aromatic amines is 1. The molecule has 0 saturated carbocycles. The van der Waals surface area contributed by atoms with Gasteiger partial charge in [-0.3, -0.25) is 14.7 Å². The molecule has 2 heterocycles. The SMILES string of the molecule is COc1ccc2oc([C@@H](C)NC(=O)c3n[nH]c4ccccc4c3=O)c(C)c2c1. The van der Waals surface area contributed by atoms with Crippen LogP contribution in [-0.2, 0) is 0 Å². The van der Waals surface area contributed by atoms with Gasteiger partial charge in [-0.15, -0.1) is 0 Å². The van der Waals surface area contributed by atoms with Crippen LogP contribution in [0, 0.1) is 6.92 Å². The van der Waals surface area contributed by atoms with Crippen molar-refractivity contribution in [3.8, 4) is 5.75 Å². The van der Waals surface area contributed by atoms with Crippen LogP contribution in [0.1, 0.15) is 34.8 Å². The maximum atomic E-state index is 12.7. The third-order valence-corrected chi connectivity index (χ3v) is 4.81. The van der Waals surface area contributed by atoms with Crippen LogP contribution >= 0.6 is 0 Å². The molecule has 2 aromatic carbocycles. The van der Waals surface area contributed by atoms with E-state index in [4.69, 9.17) is 9.15 Å². The second-order valence-electron chi connectivity index (χ2n) is 6.60. The number of benzene rings is 2.